The summed E-state index contributed by atoms with van der Waals surface area (Å²) >= 11 is 0. The third-order valence-electron chi connectivity index (χ3n) is 0.434. The van der Waals surface area contributed by atoms with Crippen LogP contribution in [0, 0.1) is 10.1 Å². The molecule has 0 saturated heterocycles. The Hall–Kier alpha value is -1.86. The zero-order chi connectivity index (χ0) is 7.98. The molecule has 1 aromatic heterocycles. The highest BCUT2D eigenvalue weighted by Gasteiger charge is 1.75. The fourth-order valence-electron chi connectivity index (χ4n) is 0.215. The maximum absolute atomic E-state index is 8.36. The minimum atomic E-state index is -1.50. The van der Waals surface area contributed by atoms with Crippen LogP contribution < -0.4 is 5.73 Å². The van der Waals surface area contributed by atoms with Crippen LogP contribution >= 0.6 is 0 Å². The number of nitrogens with two attached hydrogens (primary N) is 1. The van der Waals surface area contributed by atoms with Gasteiger partial charge in [-0.2, -0.15) is 5.10 Å². The first kappa shape index (κ1) is 8.14. The minimum absolute atomic E-state index is 0.356. The van der Waals surface area contributed by atoms with Gasteiger partial charge >= 0.3 is 0 Å². The molecule has 8 nitrogen and oxygen atoms in total. The number of nitrogens with one attached hydrogen (secondary N) is 1. The van der Waals surface area contributed by atoms with E-state index in [4.69, 9.17) is 21.1 Å². The third-order valence-corrected chi connectivity index (χ3v) is 0.434. The fourth-order valence-corrected chi connectivity index (χ4v) is 0.215. The molecule has 1 heterocycles. The molecule has 0 aromatic carbocycles. The number of anilines is 1. The lowest BCUT2D eigenvalue weighted by atomic mass is 11.1. The van der Waals surface area contributed by atoms with E-state index in [2.05, 4.69) is 15.2 Å². The average molecular weight is 147 g/mol. The summed E-state index contributed by atoms with van der Waals surface area (Å²) in [4.78, 5) is 11.9. The van der Waals surface area contributed by atoms with Gasteiger partial charge in [0.05, 0.1) is 0 Å². The van der Waals surface area contributed by atoms with Crippen LogP contribution in [-0.4, -0.2) is 25.5 Å². The molecule has 0 saturated carbocycles. The number of aromatic nitrogens is 3. The first-order valence-corrected chi connectivity index (χ1v) is 2.07. The molecule has 0 radical (unpaired) electrons. The van der Waals surface area contributed by atoms with Crippen LogP contribution in [0.4, 0.5) is 5.95 Å². The molecule has 4 N–H and O–H groups in total. The Bertz CT molecular complexity index is 179. The molecule has 0 amide bonds. The van der Waals surface area contributed by atoms with E-state index in [0.29, 0.717) is 5.95 Å². The van der Waals surface area contributed by atoms with Crippen molar-refractivity contribution in [3.63, 3.8) is 0 Å². The molecule has 0 unspecified atom stereocenters. The molecular weight excluding hydrogens is 142 g/mol. The summed E-state index contributed by atoms with van der Waals surface area (Å²) in [6.45, 7) is 0. The van der Waals surface area contributed by atoms with Gasteiger partial charge in [-0.05, 0) is 0 Å². The van der Waals surface area contributed by atoms with Gasteiger partial charge in [0.15, 0.2) is 0 Å². The van der Waals surface area contributed by atoms with Gasteiger partial charge in [-0.25, -0.2) is 10.1 Å². The molecule has 0 aliphatic rings. The molecule has 0 fully saturated rings. The Morgan fingerprint density at radius 3 is 2.50 bits per heavy atom. The Kier molecular flexibility index (Phi) is 3.31. The van der Waals surface area contributed by atoms with E-state index in [-0.39, 0.29) is 0 Å². The summed E-state index contributed by atoms with van der Waals surface area (Å²) in [5, 5.41) is 19.5. The van der Waals surface area contributed by atoms with Crippen molar-refractivity contribution >= 4 is 5.95 Å². The van der Waals surface area contributed by atoms with E-state index in [9.17, 15) is 0 Å². The van der Waals surface area contributed by atoms with E-state index in [1.54, 1.807) is 0 Å². The van der Waals surface area contributed by atoms with Crippen LogP contribution in [0.2, 0.25) is 0 Å². The summed E-state index contributed by atoms with van der Waals surface area (Å²) in [5.74, 6) is 0.356. The molecule has 1 aromatic rings. The zero-order valence-electron chi connectivity index (χ0n) is 4.76. The van der Waals surface area contributed by atoms with Crippen molar-refractivity contribution in [2.75, 3.05) is 5.73 Å². The molecule has 0 aliphatic heterocycles. The number of rotatable bonds is 0. The second kappa shape index (κ2) is 4.06. The van der Waals surface area contributed by atoms with E-state index in [0.717, 1.165) is 0 Å². The smallest absolute Gasteiger partial charge is 0.291 e. The maximum Gasteiger partial charge on any atom is 0.291 e. The molecule has 10 heavy (non-hydrogen) atoms. The van der Waals surface area contributed by atoms with Gasteiger partial charge < -0.3 is 10.9 Å². The standard InChI is InChI=1S/C2H4N4.HNO3/c3-2-4-1-5-6-2;2-1(3)4/h1H,(H3,3,4,5,6);(H,2,3,4). The number of hydrogen-bond donors (Lipinski definition) is 3. The molecule has 8 heteroatoms. The summed E-state index contributed by atoms with van der Waals surface area (Å²) in [6.07, 6.45) is 1.36. The minimum Gasteiger partial charge on any atom is -0.368 e. The lowest BCUT2D eigenvalue weighted by Crippen LogP contribution is -1.84. The van der Waals surface area contributed by atoms with Crippen molar-refractivity contribution in [2.45, 2.75) is 0 Å². The monoisotopic (exact) mass is 147 g/mol. The van der Waals surface area contributed by atoms with Crippen LogP contribution in [0.15, 0.2) is 6.33 Å². The van der Waals surface area contributed by atoms with E-state index < -0.39 is 5.09 Å². The molecule has 1 rings (SSSR count). The lowest BCUT2D eigenvalue weighted by molar-refractivity contribution is -0.742. The summed E-state index contributed by atoms with van der Waals surface area (Å²) in [7, 11) is 0. The van der Waals surface area contributed by atoms with Crippen molar-refractivity contribution in [3.8, 4) is 0 Å². The van der Waals surface area contributed by atoms with Gasteiger partial charge in [-0.15, -0.1) is 10.1 Å². The maximum atomic E-state index is 8.36. The molecule has 0 aliphatic carbocycles. The van der Waals surface area contributed by atoms with Gasteiger partial charge in [-0.1, -0.05) is 0 Å². The fraction of sp³-hybridized carbons (Fsp3) is 0. The Labute approximate surface area is 54.8 Å². The van der Waals surface area contributed by atoms with Gasteiger partial charge in [-0.3, -0.25) is 0 Å². The predicted octanol–water partition coefficient (Wildman–Crippen LogP) is -0.961. The number of nitrogen functional groups attached to an aromatic ring is 1. The van der Waals surface area contributed by atoms with Crippen molar-refractivity contribution in [2.24, 2.45) is 0 Å². The summed E-state index contributed by atoms with van der Waals surface area (Å²) in [6, 6.07) is 0. The van der Waals surface area contributed by atoms with Crippen LogP contribution in [-0.2, 0) is 0 Å². The van der Waals surface area contributed by atoms with E-state index in [1.165, 1.54) is 6.33 Å². The normalized spacial score (nSPS) is 7.60. The molecular formula is C2H5N5O3. The average Bonchev–Trinajstić information content (AvgIpc) is 2.15. The van der Waals surface area contributed by atoms with Gasteiger partial charge in [0.25, 0.3) is 5.09 Å². The highest BCUT2D eigenvalue weighted by molar-refractivity contribution is 5.07. The summed E-state index contributed by atoms with van der Waals surface area (Å²) in [5.41, 5.74) is 5.05. The SMILES string of the molecule is Nc1ncn[nH]1.O=[N+]([O-])O. The Morgan fingerprint density at radius 1 is 1.90 bits per heavy atom. The second-order valence-corrected chi connectivity index (χ2v) is 1.11. The number of nitrogens with zero attached hydrogens (tertiary/aromatic N) is 3. The molecule has 0 atom stereocenters. The van der Waals surface area contributed by atoms with Crippen molar-refractivity contribution in [1.82, 2.24) is 15.2 Å². The molecule has 0 spiro atoms. The van der Waals surface area contributed by atoms with E-state index >= 15 is 0 Å². The first-order chi connectivity index (χ1) is 4.63. The number of hydrogen-bond acceptors (Lipinski definition) is 5. The van der Waals surface area contributed by atoms with E-state index in [1.807, 2.05) is 0 Å². The largest absolute Gasteiger partial charge is 0.368 e. The zero-order valence-corrected chi connectivity index (χ0v) is 4.76. The molecule has 0 bridgehead atoms. The van der Waals surface area contributed by atoms with Crippen LogP contribution in [0.1, 0.15) is 0 Å². The molecule has 56 valence electrons. The lowest BCUT2D eigenvalue weighted by Gasteiger charge is -1.68. The quantitative estimate of drug-likeness (QED) is 0.320. The second-order valence-electron chi connectivity index (χ2n) is 1.11. The predicted molar refractivity (Wildman–Crippen MR) is 29.6 cm³/mol. The van der Waals surface area contributed by atoms with Crippen molar-refractivity contribution < 1.29 is 10.3 Å². The number of H-pyrrole nitrogens is 1. The van der Waals surface area contributed by atoms with Gasteiger partial charge in [0.2, 0.25) is 5.95 Å². The van der Waals surface area contributed by atoms with Gasteiger partial charge in [0, 0.05) is 0 Å². The van der Waals surface area contributed by atoms with Crippen molar-refractivity contribution in [3.05, 3.63) is 16.4 Å². The summed E-state index contributed by atoms with van der Waals surface area (Å²) < 4.78 is 0. The first-order valence-electron chi connectivity index (χ1n) is 2.07. The van der Waals surface area contributed by atoms with Crippen molar-refractivity contribution in [1.29, 1.82) is 0 Å². The Balaban J connectivity index is 0.000000180. The number of aromatic amines is 1. The van der Waals surface area contributed by atoms with Crippen LogP contribution in [0.25, 0.3) is 0 Å². The highest BCUT2D eigenvalue weighted by Crippen LogP contribution is 1.76. The third kappa shape index (κ3) is 6.14. The van der Waals surface area contributed by atoms with Gasteiger partial charge in [0.1, 0.15) is 6.33 Å². The highest BCUT2D eigenvalue weighted by atomic mass is 16.9. The van der Waals surface area contributed by atoms with Crippen LogP contribution in [0.3, 0.4) is 0 Å². The van der Waals surface area contributed by atoms with Crippen LogP contribution in [0.5, 0.6) is 0 Å². The topological polar surface area (TPSA) is 131 Å². The Morgan fingerprint density at radius 2 is 2.40 bits per heavy atom.